The number of amides is 1. The number of nitrogens with zero attached hydrogens (tertiary/aromatic N) is 6. The summed E-state index contributed by atoms with van der Waals surface area (Å²) in [5.41, 5.74) is 1.96. The molecule has 0 unspecified atom stereocenters. The van der Waals surface area contributed by atoms with Gasteiger partial charge in [0.25, 0.3) is 5.91 Å². The molecule has 3 heterocycles. The van der Waals surface area contributed by atoms with E-state index in [1.807, 2.05) is 41.8 Å². The summed E-state index contributed by atoms with van der Waals surface area (Å²) < 4.78 is 30.7. The second-order valence-electron chi connectivity index (χ2n) is 8.33. The average molecular weight is 503 g/mol. The Labute approximate surface area is 211 Å². The Balaban J connectivity index is 1.54. The first-order valence-corrected chi connectivity index (χ1v) is 11.9. The largest absolute Gasteiger partial charge is 0.354 e. The smallest absolute Gasteiger partial charge is 0.256 e. The van der Waals surface area contributed by atoms with Gasteiger partial charge in [0.2, 0.25) is 11.9 Å². The second kappa shape index (κ2) is 10.5. The van der Waals surface area contributed by atoms with Crippen LogP contribution in [0.4, 0.5) is 20.5 Å². The molecule has 0 atom stereocenters. The number of nitrogens with one attached hydrogen (secondary N) is 2. The lowest BCUT2D eigenvalue weighted by Gasteiger charge is -2.11. The third kappa shape index (κ3) is 5.15. The normalized spacial score (nSPS) is 11.1. The van der Waals surface area contributed by atoms with E-state index in [0.717, 1.165) is 30.5 Å². The number of rotatable bonds is 9. The molecule has 0 saturated carbocycles. The van der Waals surface area contributed by atoms with Crippen LogP contribution in [0, 0.1) is 11.6 Å². The molecule has 9 nitrogen and oxygen atoms in total. The van der Waals surface area contributed by atoms with E-state index in [2.05, 4.69) is 25.7 Å². The highest BCUT2D eigenvalue weighted by Gasteiger charge is 2.21. The summed E-state index contributed by atoms with van der Waals surface area (Å²) >= 11 is 0. The number of hydrogen-bond donors (Lipinski definition) is 2. The number of imidazole rings is 1. The Kier molecular flexibility index (Phi) is 6.84. The zero-order chi connectivity index (χ0) is 25.8. The van der Waals surface area contributed by atoms with E-state index in [-0.39, 0.29) is 11.4 Å². The first kappa shape index (κ1) is 24.0. The van der Waals surface area contributed by atoms with Crippen LogP contribution in [-0.4, -0.2) is 41.8 Å². The summed E-state index contributed by atoms with van der Waals surface area (Å²) in [6.07, 6.45) is 4.95. The van der Waals surface area contributed by atoms with Crippen molar-refractivity contribution in [2.45, 2.75) is 26.3 Å². The summed E-state index contributed by atoms with van der Waals surface area (Å²) in [6, 6.07) is 14.7. The molecule has 11 heteroatoms. The van der Waals surface area contributed by atoms with E-state index in [1.165, 1.54) is 6.07 Å². The van der Waals surface area contributed by atoms with Crippen LogP contribution in [0.15, 0.2) is 67.0 Å². The topological polar surface area (TPSA) is 103 Å². The number of aryl methyl sites for hydroxylation is 1. The highest BCUT2D eigenvalue weighted by Crippen LogP contribution is 2.26. The zero-order valence-electron chi connectivity index (χ0n) is 20.0. The van der Waals surface area contributed by atoms with Gasteiger partial charge in [-0.15, -0.1) is 0 Å². The lowest BCUT2D eigenvalue weighted by Crippen LogP contribution is -2.16. The number of fused-ring (bicyclic) bond motifs is 1. The van der Waals surface area contributed by atoms with Gasteiger partial charge in [-0.3, -0.25) is 9.36 Å². The predicted molar refractivity (Wildman–Crippen MR) is 136 cm³/mol. The molecule has 0 aliphatic carbocycles. The minimum Gasteiger partial charge on any atom is -0.354 e. The van der Waals surface area contributed by atoms with E-state index < -0.39 is 17.5 Å². The highest BCUT2D eigenvalue weighted by atomic mass is 19.2. The molecule has 3 aromatic heterocycles. The molecule has 5 rings (SSSR count). The fourth-order valence-electron chi connectivity index (χ4n) is 3.93. The van der Waals surface area contributed by atoms with Gasteiger partial charge < -0.3 is 10.6 Å². The molecule has 0 spiro atoms. The maximum atomic E-state index is 13.8. The number of hydrogen-bond acceptors (Lipinski definition) is 6. The summed E-state index contributed by atoms with van der Waals surface area (Å²) in [7, 11) is 0. The number of aromatic nitrogens is 6. The van der Waals surface area contributed by atoms with Gasteiger partial charge in [-0.1, -0.05) is 37.3 Å². The highest BCUT2D eigenvalue weighted by molar-refractivity contribution is 6.07. The molecule has 2 aromatic carbocycles. The standard InChI is InChI=1S/C26H24F2N8O/c1-2-14-35-23-21(31-26(35)36-15-6-12-30-36)22(32-24(37)18-9-10-19(27)20(28)16-18)33-25(34-23)29-13-11-17-7-4-3-5-8-17/h3-10,12,15-16H,2,11,13-14H2,1H3,(H2,29,32,33,34,37). The monoisotopic (exact) mass is 502 g/mol. The predicted octanol–water partition coefficient (Wildman–Crippen LogP) is 4.61. The van der Waals surface area contributed by atoms with Crippen LogP contribution in [0.25, 0.3) is 17.1 Å². The molecule has 0 radical (unpaired) electrons. The lowest BCUT2D eigenvalue weighted by molar-refractivity contribution is 0.102. The molecule has 2 N–H and O–H groups in total. The molecule has 0 fully saturated rings. The van der Waals surface area contributed by atoms with E-state index in [0.29, 0.717) is 36.2 Å². The Morgan fingerprint density at radius 1 is 1.00 bits per heavy atom. The Morgan fingerprint density at radius 2 is 1.84 bits per heavy atom. The van der Waals surface area contributed by atoms with Crippen LogP contribution in [0.5, 0.6) is 0 Å². The van der Waals surface area contributed by atoms with Crippen molar-refractivity contribution in [1.82, 2.24) is 29.3 Å². The molecule has 0 bridgehead atoms. The maximum absolute atomic E-state index is 13.8. The molecule has 0 aliphatic heterocycles. The van der Waals surface area contributed by atoms with Gasteiger partial charge in [-0.25, -0.2) is 18.4 Å². The van der Waals surface area contributed by atoms with Crippen molar-refractivity contribution in [3.05, 3.63) is 89.8 Å². The molecule has 0 aliphatic rings. The number of halogens is 2. The number of benzene rings is 2. The Hall–Kier alpha value is -4.67. The molecule has 37 heavy (non-hydrogen) atoms. The zero-order valence-corrected chi connectivity index (χ0v) is 20.0. The molecule has 1 amide bonds. The molecular formula is C26H24F2N8O. The minimum atomic E-state index is -1.11. The summed E-state index contributed by atoms with van der Waals surface area (Å²) in [5, 5.41) is 10.2. The van der Waals surface area contributed by atoms with E-state index >= 15 is 0 Å². The van der Waals surface area contributed by atoms with Gasteiger partial charge >= 0.3 is 0 Å². The van der Waals surface area contributed by atoms with Crippen molar-refractivity contribution < 1.29 is 13.6 Å². The third-order valence-corrected chi connectivity index (χ3v) is 5.68. The van der Waals surface area contributed by atoms with Crippen LogP contribution < -0.4 is 10.6 Å². The van der Waals surface area contributed by atoms with Crippen molar-refractivity contribution in [2.24, 2.45) is 0 Å². The van der Waals surface area contributed by atoms with Crippen molar-refractivity contribution in [3.8, 4) is 5.95 Å². The fraction of sp³-hybridized carbons (Fsp3) is 0.192. The van der Waals surface area contributed by atoms with Crippen LogP contribution in [0.3, 0.4) is 0 Å². The maximum Gasteiger partial charge on any atom is 0.256 e. The van der Waals surface area contributed by atoms with Gasteiger partial charge in [0.1, 0.15) is 0 Å². The third-order valence-electron chi connectivity index (χ3n) is 5.68. The van der Waals surface area contributed by atoms with Crippen LogP contribution in [-0.2, 0) is 13.0 Å². The van der Waals surface area contributed by atoms with Crippen LogP contribution in [0.1, 0.15) is 29.3 Å². The van der Waals surface area contributed by atoms with Gasteiger partial charge in [-0.2, -0.15) is 15.1 Å². The number of anilines is 2. The molecule has 188 valence electrons. The van der Waals surface area contributed by atoms with Crippen molar-refractivity contribution in [2.75, 3.05) is 17.2 Å². The summed E-state index contributed by atoms with van der Waals surface area (Å²) in [6.45, 7) is 3.19. The Bertz CT molecular complexity index is 1530. The van der Waals surface area contributed by atoms with E-state index in [1.54, 1.807) is 23.1 Å². The van der Waals surface area contributed by atoms with Crippen LogP contribution >= 0.6 is 0 Å². The molecular weight excluding hydrogens is 478 g/mol. The SMILES string of the molecule is CCCn1c(-n2cccn2)nc2c(NC(=O)c3ccc(F)c(F)c3)nc(NCCc3ccccc3)nc21. The first-order chi connectivity index (χ1) is 18.0. The van der Waals surface area contributed by atoms with Crippen molar-refractivity contribution >= 4 is 28.8 Å². The van der Waals surface area contributed by atoms with E-state index in [9.17, 15) is 13.6 Å². The van der Waals surface area contributed by atoms with Gasteiger partial charge in [-0.05, 0) is 42.7 Å². The Morgan fingerprint density at radius 3 is 2.57 bits per heavy atom. The average Bonchev–Trinajstić information content (AvgIpc) is 3.55. The van der Waals surface area contributed by atoms with E-state index in [4.69, 9.17) is 4.98 Å². The summed E-state index contributed by atoms with van der Waals surface area (Å²) in [4.78, 5) is 26.8. The lowest BCUT2D eigenvalue weighted by atomic mass is 10.1. The van der Waals surface area contributed by atoms with Crippen molar-refractivity contribution in [3.63, 3.8) is 0 Å². The second-order valence-corrected chi connectivity index (χ2v) is 8.33. The quantitative estimate of drug-likeness (QED) is 0.305. The fourth-order valence-corrected chi connectivity index (χ4v) is 3.93. The van der Waals surface area contributed by atoms with Gasteiger partial charge in [0.05, 0.1) is 0 Å². The van der Waals surface area contributed by atoms with Crippen LogP contribution in [0.2, 0.25) is 0 Å². The number of carbonyl (C=O) groups excluding carboxylic acids is 1. The number of carbonyl (C=O) groups is 1. The summed E-state index contributed by atoms with van der Waals surface area (Å²) in [5.74, 6) is -1.84. The van der Waals surface area contributed by atoms with Crippen molar-refractivity contribution in [1.29, 1.82) is 0 Å². The molecule has 0 saturated heterocycles. The minimum absolute atomic E-state index is 0.0514. The first-order valence-electron chi connectivity index (χ1n) is 11.9. The molecule has 5 aromatic rings. The van der Waals surface area contributed by atoms with Gasteiger partial charge in [0, 0.05) is 31.0 Å². The van der Waals surface area contributed by atoms with Gasteiger partial charge in [0.15, 0.2) is 28.6 Å².